The van der Waals surface area contributed by atoms with Crippen molar-refractivity contribution in [2.24, 2.45) is 5.92 Å². The van der Waals surface area contributed by atoms with E-state index in [9.17, 15) is 18.0 Å². The number of benzene rings is 2. The lowest BCUT2D eigenvalue weighted by molar-refractivity contribution is -0.134. The van der Waals surface area contributed by atoms with Crippen molar-refractivity contribution in [3.05, 3.63) is 89.4 Å². The third-order valence-corrected chi connectivity index (χ3v) is 15.3. The monoisotopic (exact) mass is 909 g/mol. The number of aromatic nitrogens is 4. The van der Waals surface area contributed by atoms with Gasteiger partial charge in [-0.25, -0.2) is 24.3 Å². The van der Waals surface area contributed by atoms with Gasteiger partial charge < -0.3 is 15.1 Å². The van der Waals surface area contributed by atoms with E-state index in [1.807, 2.05) is 45.2 Å². The Morgan fingerprint density at radius 2 is 1.61 bits per heavy atom. The maximum Gasteiger partial charge on any atom is 0.301 e. The topological polar surface area (TPSA) is 169 Å². The van der Waals surface area contributed by atoms with Crippen LogP contribution in [0.5, 0.6) is 0 Å². The van der Waals surface area contributed by atoms with Gasteiger partial charge in [0, 0.05) is 88.7 Å². The molecule has 64 heavy (non-hydrogen) atoms. The minimum Gasteiger partial charge on any atom is -0.372 e. The molecule has 3 aromatic heterocycles. The minimum absolute atomic E-state index is 0.155. The van der Waals surface area contributed by atoms with E-state index in [2.05, 4.69) is 53.2 Å². The van der Waals surface area contributed by atoms with Gasteiger partial charge in [-0.2, -0.15) is 12.7 Å². The number of carbonyl (C=O) groups is 2. The number of pyridine rings is 1. The summed E-state index contributed by atoms with van der Waals surface area (Å²) < 4.78 is 45.2. The molecule has 0 radical (unpaired) electrons. The Hall–Kier alpha value is -5.56. The van der Waals surface area contributed by atoms with Crippen LogP contribution in [0.3, 0.4) is 0 Å². The number of imide groups is 1. The lowest BCUT2D eigenvalue weighted by Crippen LogP contribution is -2.49. The van der Waals surface area contributed by atoms with Crippen LogP contribution in [0.25, 0.3) is 21.8 Å². The van der Waals surface area contributed by atoms with E-state index < -0.39 is 16.0 Å². The van der Waals surface area contributed by atoms with E-state index in [1.54, 1.807) is 31.3 Å². The van der Waals surface area contributed by atoms with Gasteiger partial charge in [0.2, 0.25) is 17.8 Å². The van der Waals surface area contributed by atoms with Gasteiger partial charge in [0.15, 0.2) is 5.82 Å². The van der Waals surface area contributed by atoms with Gasteiger partial charge in [0.25, 0.3) is 0 Å². The molecule has 18 heteroatoms. The average Bonchev–Trinajstić information content (AvgIpc) is 3.74. The summed E-state index contributed by atoms with van der Waals surface area (Å²) in [6.07, 6.45) is 6.73. The Bertz CT molecular complexity index is 2570. The van der Waals surface area contributed by atoms with E-state index in [0.29, 0.717) is 46.8 Å². The lowest BCUT2D eigenvalue weighted by atomic mass is 9.90. The molecule has 0 unspecified atom stereocenters. The number of hydrogen-bond acceptors (Lipinski definition) is 13. The van der Waals surface area contributed by atoms with Crippen molar-refractivity contribution in [1.29, 1.82) is 0 Å². The molecule has 2 amide bonds. The number of hydrogen-bond donors (Lipinski definition) is 3. The van der Waals surface area contributed by atoms with Gasteiger partial charge in [0.05, 0.1) is 44.8 Å². The molecule has 0 saturated carbocycles. The number of piperidine rings is 2. The first-order valence-corrected chi connectivity index (χ1v) is 24.2. The number of carbonyl (C=O) groups excluding carboxylic acids is 2. The van der Waals surface area contributed by atoms with E-state index >= 15 is 4.39 Å². The molecule has 338 valence electrons. The molecule has 3 aliphatic rings. The van der Waals surface area contributed by atoms with Crippen molar-refractivity contribution in [1.82, 2.24) is 34.5 Å². The van der Waals surface area contributed by atoms with Crippen LogP contribution < -0.4 is 25.2 Å². The summed E-state index contributed by atoms with van der Waals surface area (Å²) in [4.78, 5) is 50.7. The summed E-state index contributed by atoms with van der Waals surface area (Å²) in [6.45, 7) is 14.9. The first-order valence-electron chi connectivity index (χ1n) is 21.9. The molecule has 3 N–H and O–H groups in total. The van der Waals surface area contributed by atoms with E-state index in [-0.39, 0.29) is 40.9 Å². The molecule has 2 aromatic carbocycles. The minimum atomic E-state index is -3.96. The Balaban J connectivity index is 0.856. The van der Waals surface area contributed by atoms with Crippen LogP contribution in [0.2, 0.25) is 0 Å². The van der Waals surface area contributed by atoms with Crippen molar-refractivity contribution < 1.29 is 22.4 Å². The van der Waals surface area contributed by atoms with Crippen molar-refractivity contribution in [3.8, 4) is 21.8 Å². The number of halogens is 1. The third-order valence-electron chi connectivity index (χ3n) is 12.3. The molecular formula is C46H56FN11O4S2. The van der Waals surface area contributed by atoms with Crippen molar-refractivity contribution in [2.45, 2.75) is 64.7 Å². The zero-order valence-corrected chi connectivity index (χ0v) is 38.6. The van der Waals surface area contributed by atoms with E-state index in [1.165, 1.54) is 30.1 Å². The normalized spacial score (nSPS) is 18.1. The first-order chi connectivity index (χ1) is 30.6. The highest BCUT2D eigenvalue weighted by Crippen LogP contribution is 2.42. The highest BCUT2D eigenvalue weighted by Gasteiger charge is 2.30. The maximum atomic E-state index is 16.2. The number of nitrogens with zero attached hydrogens (tertiary/aromatic N) is 8. The predicted molar refractivity (Wildman–Crippen MR) is 251 cm³/mol. The Morgan fingerprint density at radius 3 is 2.28 bits per heavy atom. The van der Waals surface area contributed by atoms with Crippen LogP contribution in [0.15, 0.2) is 73.1 Å². The standard InChI is InChI=1S/C46H56FN11O4S2/c1-6-55(5)64(61,62)54-36-9-7-8-35(40(36)47)41-42(63-44(53-41)46(2,3)4)37-18-21-48-45(50-37)51-38-16-14-33(28-49-38)58-26-24-56(25-27-58)29-30-19-22-57(23-20-30)32-12-10-31(11-13-32)34-15-17-39(59)52-43(34)60/h7-14,16,18,21,28,30,34,54H,6,15,17,19-20,22-27,29H2,1-5H3,(H,52,59,60)(H,48,49,50,51)/t34-/m1/s1. The second-order valence-electron chi connectivity index (χ2n) is 17.7. The van der Waals surface area contributed by atoms with Gasteiger partial charge in [-0.05, 0) is 73.2 Å². The van der Waals surface area contributed by atoms with Gasteiger partial charge in [-0.15, -0.1) is 11.3 Å². The average molecular weight is 910 g/mol. The highest BCUT2D eigenvalue weighted by molar-refractivity contribution is 7.90. The molecule has 1 atom stereocenters. The highest BCUT2D eigenvalue weighted by atomic mass is 32.2. The number of anilines is 5. The summed E-state index contributed by atoms with van der Waals surface area (Å²) in [5.74, 6) is 0.177. The molecule has 3 aliphatic heterocycles. The second kappa shape index (κ2) is 18.9. The van der Waals surface area contributed by atoms with Gasteiger partial charge >= 0.3 is 10.2 Å². The number of thiazole rings is 1. The summed E-state index contributed by atoms with van der Waals surface area (Å²) in [6, 6.07) is 18.6. The van der Waals surface area contributed by atoms with E-state index in [0.717, 1.165) is 79.2 Å². The molecule has 5 aromatic rings. The van der Waals surface area contributed by atoms with Crippen LogP contribution in [0.1, 0.15) is 69.9 Å². The molecule has 3 fully saturated rings. The molecule has 0 aliphatic carbocycles. The maximum absolute atomic E-state index is 16.2. The zero-order chi connectivity index (χ0) is 45.2. The smallest absolute Gasteiger partial charge is 0.301 e. The van der Waals surface area contributed by atoms with Gasteiger partial charge in [-0.1, -0.05) is 45.9 Å². The Kier molecular flexibility index (Phi) is 13.3. The SMILES string of the molecule is CCN(C)S(=O)(=O)Nc1cccc(-c2nc(C(C)(C)C)sc2-c2ccnc(Nc3ccc(N4CCN(CC5CCN(c6ccc([C@H]7CCC(=O)NC7=O)cc6)CC5)CC4)cn3)n2)c1F. The number of nitrogens with one attached hydrogen (secondary N) is 3. The Labute approximate surface area is 378 Å². The number of amides is 2. The second-order valence-corrected chi connectivity index (χ2v) is 20.5. The fourth-order valence-electron chi connectivity index (χ4n) is 8.34. The van der Waals surface area contributed by atoms with Crippen molar-refractivity contribution in [3.63, 3.8) is 0 Å². The molecule has 8 rings (SSSR count). The molecule has 6 heterocycles. The van der Waals surface area contributed by atoms with Crippen molar-refractivity contribution >= 4 is 62.2 Å². The van der Waals surface area contributed by atoms with E-state index in [4.69, 9.17) is 15.0 Å². The lowest BCUT2D eigenvalue weighted by Gasteiger charge is -2.40. The van der Waals surface area contributed by atoms with Crippen LogP contribution in [0.4, 0.5) is 33.2 Å². The summed E-state index contributed by atoms with van der Waals surface area (Å²) in [5, 5.41) is 6.46. The van der Waals surface area contributed by atoms with Gasteiger partial charge in [-0.3, -0.25) is 24.5 Å². The predicted octanol–water partition coefficient (Wildman–Crippen LogP) is 7.01. The van der Waals surface area contributed by atoms with Crippen molar-refractivity contribution in [2.75, 3.05) is 79.2 Å². The quantitative estimate of drug-likeness (QED) is 0.104. The third kappa shape index (κ3) is 10.2. The molecule has 3 saturated heterocycles. The molecule has 0 bridgehead atoms. The van der Waals surface area contributed by atoms with Crippen LogP contribution in [-0.4, -0.2) is 109 Å². The van der Waals surface area contributed by atoms with Crippen LogP contribution in [0, 0.1) is 11.7 Å². The summed E-state index contributed by atoms with van der Waals surface area (Å²) >= 11 is 1.41. The largest absolute Gasteiger partial charge is 0.372 e. The fourth-order valence-corrected chi connectivity index (χ4v) is 10.4. The number of rotatable bonds is 13. The van der Waals surface area contributed by atoms with Crippen LogP contribution in [-0.2, 0) is 25.2 Å². The molecular weight excluding hydrogens is 854 g/mol. The first kappa shape index (κ1) is 45.0. The molecule has 0 spiro atoms. The van der Waals surface area contributed by atoms with Crippen LogP contribution >= 0.6 is 11.3 Å². The summed E-state index contributed by atoms with van der Waals surface area (Å²) in [5.41, 5.74) is 3.74. The Morgan fingerprint density at radius 1 is 0.891 bits per heavy atom. The van der Waals surface area contributed by atoms with Gasteiger partial charge in [0.1, 0.15) is 5.82 Å². The molecule has 15 nitrogen and oxygen atoms in total. The summed E-state index contributed by atoms with van der Waals surface area (Å²) in [7, 11) is -2.53. The fraction of sp³-hybridized carbons (Fsp3) is 0.435. The zero-order valence-electron chi connectivity index (χ0n) is 37.0. The number of piperazine rings is 1.